The molecule has 0 saturated heterocycles. The molecular weight excluding hydrogens is 256 g/mol. The molecule has 102 valence electrons. The van der Waals surface area contributed by atoms with Crippen molar-refractivity contribution >= 4 is 16.8 Å². The summed E-state index contributed by atoms with van der Waals surface area (Å²) in [7, 11) is 0. The van der Waals surface area contributed by atoms with Crippen LogP contribution in [0.4, 0.5) is 0 Å². The summed E-state index contributed by atoms with van der Waals surface area (Å²) in [5.41, 5.74) is 7.53. The number of H-pyrrole nitrogens is 1. The molecule has 3 rings (SSSR count). The predicted molar refractivity (Wildman–Crippen MR) is 72.8 cm³/mol. The van der Waals surface area contributed by atoms with Gasteiger partial charge in [-0.25, -0.2) is 4.68 Å². The van der Waals surface area contributed by atoms with E-state index in [1.165, 1.54) is 4.68 Å². The number of primary amides is 1. The first kappa shape index (κ1) is 12.3. The van der Waals surface area contributed by atoms with E-state index >= 15 is 0 Å². The number of aryl methyl sites for hydroxylation is 1. The van der Waals surface area contributed by atoms with Gasteiger partial charge in [0, 0.05) is 23.5 Å². The van der Waals surface area contributed by atoms with Crippen molar-refractivity contribution in [3.63, 3.8) is 0 Å². The van der Waals surface area contributed by atoms with Gasteiger partial charge in [0.05, 0.1) is 0 Å². The number of rotatable bonds is 4. The zero-order valence-electron chi connectivity index (χ0n) is 10.9. The molecule has 0 aliphatic heterocycles. The van der Waals surface area contributed by atoms with Gasteiger partial charge in [-0.1, -0.05) is 18.2 Å². The fourth-order valence-electron chi connectivity index (χ4n) is 2.34. The second kappa shape index (κ2) is 4.76. The number of aromatic amines is 1. The molecule has 1 aromatic carbocycles. The van der Waals surface area contributed by atoms with E-state index in [2.05, 4.69) is 20.5 Å². The van der Waals surface area contributed by atoms with Crippen LogP contribution in [0.2, 0.25) is 0 Å². The number of fused-ring (bicyclic) bond motifs is 1. The largest absolute Gasteiger partial charge is 0.368 e. The van der Waals surface area contributed by atoms with Crippen LogP contribution in [0.1, 0.15) is 17.4 Å². The van der Waals surface area contributed by atoms with Crippen molar-refractivity contribution < 1.29 is 4.79 Å². The molecule has 7 heteroatoms. The number of nitrogens with one attached hydrogen (secondary N) is 1. The molecule has 3 N–H and O–H groups in total. The summed E-state index contributed by atoms with van der Waals surface area (Å²) in [5, 5.41) is 12.3. The van der Waals surface area contributed by atoms with E-state index in [1.807, 2.05) is 30.5 Å². The Labute approximate surface area is 114 Å². The first-order valence-electron chi connectivity index (χ1n) is 6.25. The lowest BCUT2D eigenvalue weighted by Crippen LogP contribution is -2.29. The lowest BCUT2D eigenvalue weighted by Gasteiger charge is -2.13. The Morgan fingerprint density at radius 1 is 1.45 bits per heavy atom. The Balaban J connectivity index is 1.99. The van der Waals surface area contributed by atoms with Gasteiger partial charge in [0.15, 0.2) is 0 Å². The van der Waals surface area contributed by atoms with E-state index in [0.29, 0.717) is 12.2 Å². The summed E-state index contributed by atoms with van der Waals surface area (Å²) >= 11 is 0. The minimum Gasteiger partial charge on any atom is -0.368 e. The van der Waals surface area contributed by atoms with E-state index < -0.39 is 11.9 Å². The Morgan fingerprint density at radius 3 is 2.95 bits per heavy atom. The number of hydrogen-bond donors (Lipinski definition) is 2. The number of para-hydroxylation sites is 1. The van der Waals surface area contributed by atoms with E-state index in [-0.39, 0.29) is 0 Å². The van der Waals surface area contributed by atoms with E-state index in [0.717, 1.165) is 16.5 Å². The highest BCUT2D eigenvalue weighted by Gasteiger charge is 2.22. The first-order valence-corrected chi connectivity index (χ1v) is 6.25. The summed E-state index contributed by atoms with van der Waals surface area (Å²) in [5.74, 6) is 0.110. The van der Waals surface area contributed by atoms with Crippen molar-refractivity contribution in [2.45, 2.75) is 19.4 Å². The fraction of sp³-hybridized carbons (Fsp3) is 0.231. The van der Waals surface area contributed by atoms with Crippen LogP contribution < -0.4 is 5.73 Å². The molecule has 20 heavy (non-hydrogen) atoms. The molecule has 1 atom stereocenters. The smallest absolute Gasteiger partial charge is 0.242 e. The van der Waals surface area contributed by atoms with Gasteiger partial charge in [0.1, 0.15) is 11.9 Å². The summed E-state index contributed by atoms with van der Waals surface area (Å²) in [6.45, 7) is 1.74. The Kier molecular flexibility index (Phi) is 2.94. The Morgan fingerprint density at radius 2 is 2.25 bits per heavy atom. The SMILES string of the molecule is Cc1nnnn1C(Cc1c[nH]c2ccccc12)C(N)=O. The standard InChI is InChI=1S/C13H14N6O/c1-8-16-17-18-19(8)12(13(14)20)6-9-7-15-11-5-3-2-4-10(9)11/h2-5,7,12,15H,6H2,1H3,(H2,14,20). The maximum atomic E-state index is 11.7. The number of nitrogens with two attached hydrogens (primary N) is 1. The summed E-state index contributed by atoms with van der Waals surface area (Å²) in [6.07, 6.45) is 2.34. The van der Waals surface area contributed by atoms with Gasteiger partial charge >= 0.3 is 0 Å². The summed E-state index contributed by atoms with van der Waals surface area (Å²) in [4.78, 5) is 14.9. The minimum absolute atomic E-state index is 0.450. The second-order valence-electron chi connectivity index (χ2n) is 4.65. The number of tetrazole rings is 1. The third-order valence-electron chi connectivity index (χ3n) is 3.37. The fourth-order valence-corrected chi connectivity index (χ4v) is 2.34. The van der Waals surface area contributed by atoms with Gasteiger partial charge in [-0.05, 0) is 29.0 Å². The van der Waals surface area contributed by atoms with Crippen LogP contribution in [0.5, 0.6) is 0 Å². The lowest BCUT2D eigenvalue weighted by molar-refractivity contribution is -0.121. The van der Waals surface area contributed by atoms with Crippen LogP contribution in [0.3, 0.4) is 0 Å². The van der Waals surface area contributed by atoms with Gasteiger partial charge in [0.2, 0.25) is 5.91 Å². The molecule has 2 heterocycles. The van der Waals surface area contributed by atoms with Crippen LogP contribution in [-0.2, 0) is 11.2 Å². The molecule has 0 aliphatic rings. The number of amides is 1. The van der Waals surface area contributed by atoms with Gasteiger partial charge in [0.25, 0.3) is 0 Å². The van der Waals surface area contributed by atoms with Crippen LogP contribution >= 0.6 is 0 Å². The number of benzene rings is 1. The number of nitrogens with zero attached hydrogens (tertiary/aromatic N) is 4. The lowest BCUT2D eigenvalue weighted by atomic mass is 10.0. The number of carbonyl (C=O) groups is 1. The molecule has 2 aromatic heterocycles. The van der Waals surface area contributed by atoms with Gasteiger partial charge in [-0.15, -0.1) is 5.10 Å². The normalized spacial score (nSPS) is 12.7. The topological polar surface area (TPSA) is 102 Å². The molecule has 7 nitrogen and oxygen atoms in total. The van der Waals surface area contributed by atoms with Crippen LogP contribution in [-0.4, -0.2) is 31.1 Å². The molecule has 1 amide bonds. The quantitative estimate of drug-likeness (QED) is 0.729. The highest BCUT2D eigenvalue weighted by atomic mass is 16.1. The zero-order chi connectivity index (χ0) is 14.1. The van der Waals surface area contributed by atoms with Gasteiger partial charge in [-0.2, -0.15) is 0 Å². The van der Waals surface area contributed by atoms with Crippen LogP contribution in [0, 0.1) is 6.92 Å². The monoisotopic (exact) mass is 270 g/mol. The zero-order valence-corrected chi connectivity index (χ0v) is 10.9. The highest BCUT2D eigenvalue weighted by Crippen LogP contribution is 2.22. The van der Waals surface area contributed by atoms with Crippen molar-refractivity contribution in [1.29, 1.82) is 0 Å². The number of aromatic nitrogens is 5. The van der Waals surface area contributed by atoms with Crippen LogP contribution in [0.15, 0.2) is 30.5 Å². The number of hydrogen-bond acceptors (Lipinski definition) is 4. The molecule has 0 fully saturated rings. The average Bonchev–Trinajstić information content (AvgIpc) is 3.02. The Bertz CT molecular complexity index is 759. The first-order chi connectivity index (χ1) is 9.66. The van der Waals surface area contributed by atoms with E-state index in [9.17, 15) is 4.79 Å². The van der Waals surface area contributed by atoms with Crippen molar-refractivity contribution in [3.05, 3.63) is 41.9 Å². The van der Waals surface area contributed by atoms with Crippen molar-refractivity contribution in [1.82, 2.24) is 25.2 Å². The minimum atomic E-state index is -0.593. The molecule has 3 aromatic rings. The van der Waals surface area contributed by atoms with Crippen molar-refractivity contribution in [2.24, 2.45) is 5.73 Å². The maximum Gasteiger partial charge on any atom is 0.242 e. The molecule has 1 unspecified atom stereocenters. The molecule has 0 saturated carbocycles. The molecule has 0 bridgehead atoms. The second-order valence-corrected chi connectivity index (χ2v) is 4.65. The van der Waals surface area contributed by atoms with Gasteiger partial charge < -0.3 is 10.7 Å². The van der Waals surface area contributed by atoms with Crippen LogP contribution in [0.25, 0.3) is 10.9 Å². The van der Waals surface area contributed by atoms with Crippen molar-refractivity contribution in [2.75, 3.05) is 0 Å². The summed E-state index contributed by atoms with van der Waals surface area (Å²) in [6, 6.07) is 7.32. The third-order valence-corrected chi connectivity index (χ3v) is 3.37. The average molecular weight is 270 g/mol. The van der Waals surface area contributed by atoms with Gasteiger partial charge in [-0.3, -0.25) is 4.79 Å². The predicted octanol–water partition coefficient (Wildman–Crippen LogP) is 0.732. The molecular formula is C13H14N6O. The molecule has 0 aliphatic carbocycles. The van der Waals surface area contributed by atoms with E-state index in [4.69, 9.17) is 5.73 Å². The maximum absolute atomic E-state index is 11.7. The van der Waals surface area contributed by atoms with E-state index in [1.54, 1.807) is 6.92 Å². The molecule has 0 spiro atoms. The third kappa shape index (κ3) is 2.03. The highest BCUT2D eigenvalue weighted by molar-refractivity contribution is 5.85. The number of carbonyl (C=O) groups excluding carboxylic acids is 1. The Hall–Kier alpha value is -2.70. The summed E-state index contributed by atoms with van der Waals surface area (Å²) < 4.78 is 1.46. The molecule has 0 radical (unpaired) electrons. The van der Waals surface area contributed by atoms with Crippen molar-refractivity contribution in [3.8, 4) is 0 Å².